The topological polar surface area (TPSA) is 57.6 Å². The first-order chi connectivity index (χ1) is 9.97. The lowest BCUT2D eigenvalue weighted by Gasteiger charge is -2.29. The molecule has 1 atom stereocenters. The molecule has 1 aliphatic rings. The van der Waals surface area contributed by atoms with E-state index >= 15 is 0 Å². The summed E-state index contributed by atoms with van der Waals surface area (Å²) < 4.78 is 14.3. The number of benzene rings is 1. The largest absolute Gasteiger partial charge is 0.481 e. The number of hydrogen-bond donors (Lipinski definition) is 1. The number of carbonyl (C=O) groups is 2. The first-order valence-corrected chi connectivity index (χ1v) is 7.41. The van der Waals surface area contributed by atoms with Crippen molar-refractivity contribution in [2.24, 2.45) is 5.92 Å². The van der Waals surface area contributed by atoms with Gasteiger partial charge < -0.3 is 10.0 Å². The Morgan fingerprint density at radius 2 is 2.19 bits per heavy atom. The Morgan fingerprint density at radius 3 is 2.90 bits per heavy atom. The Labute approximate surface area is 130 Å². The maximum atomic E-state index is 13.6. The molecule has 1 aromatic rings. The lowest BCUT2D eigenvalue weighted by atomic mass is 9.98. The molecule has 4 nitrogen and oxygen atoms in total. The quantitative estimate of drug-likeness (QED) is 0.848. The van der Waals surface area contributed by atoms with Crippen LogP contribution in [0, 0.1) is 11.7 Å². The SMILES string of the molecule is O=C(O)C1CCCN(C(=O)/C=C/c2cc(Br)ccc2F)C1. The second-order valence-electron chi connectivity index (χ2n) is 4.96. The van der Waals surface area contributed by atoms with E-state index in [-0.39, 0.29) is 12.5 Å². The Kier molecular flexibility index (Phi) is 5.12. The monoisotopic (exact) mass is 355 g/mol. The van der Waals surface area contributed by atoms with Crippen LogP contribution in [0.2, 0.25) is 0 Å². The smallest absolute Gasteiger partial charge is 0.308 e. The number of carboxylic acid groups (broad SMARTS) is 1. The number of nitrogens with zero attached hydrogens (tertiary/aromatic N) is 1. The van der Waals surface area contributed by atoms with Crippen LogP contribution in [0.25, 0.3) is 6.08 Å². The van der Waals surface area contributed by atoms with Gasteiger partial charge in [0, 0.05) is 29.2 Å². The zero-order valence-corrected chi connectivity index (χ0v) is 12.8. The van der Waals surface area contributed by atoms with E-state index in [4.69, 9.17) is 5.11 Å². The molecule has 1 fully saturated rings. The van der Waals surface area contributed by atoms with E-state index in [0.29, 0.717) is 24.9 Å². The van der Waals surface area contributed by atoms with Crippen LogP contribution in [-0.4, -0.2) is 35.0 Å². The molecule has 1 aromatic carbocycles. The summed E-state index contributed by atoms with van der Waals surface area (Å²) in [5.41, 5.74) is 0.310. The van der Waals surface area contributed by atoms with Crippen LogP contribution in [0.4, 0.5) is 4.39 Å². The fourth-order valence-electron chi connectivity index (χ4n) is 2.29. The second-order valence-corrected chi connectivity index (χ2v) is 5.88. The molecule has 1 aliphatic heterocycles. The van der Waals surface area contributed by atoms with E-state index in [2.05, 4.69) is 15.9 Å². The number of hydrogen-bond acceptors (Lipinski definition) is 2. The average molecular weight is 356 g/mol. The zero-order chi connectivity index (χ0) is 15.4. The molecule has 0 spiro atoms. The summed E-state index contributed by atoms with van der Waals surface area (Å²) in [6.07, 6.45) is 3.95. The van der Waals surface area contributed by atoms with Crippen molar-refractivity contribution in [1.82, 2.24) is 4.90 Å². The normalized spacial score (nSPS) is 19.0. The molecule has 6 heteroatoms. The Balaban J connectivity index is 2.05. The van der Waals surface area contributed by atoms with Crippen molar-refractivity contribution in [2.75, 3.05) is 13.1 Å². The van der Waals surface area contributed by atoms with Crippen LogP contribution >= 0.6 is 15.9 Å². The van der Waals surface area contributed by atoms with E-state index in [9.17, 15) is 14.0 Å². The maximum absolute atomic E-state index is 13.6. The third kappa shape index (κ3) is 4.14. The molecule has 0 aliphatic carbocycles. The van der Waals surface area contributed by atoms with Crippen molar-refractivity contribution in [3.8, 4) is 0 Å². The fraction of sp³-hybridized carbons (Fsp3) is 0.333. The Morgan fingerprint density at radius 1 is 1.43 bits per heavy atom. The van der Waals surface area contributed by atoms with Gasteiger partial charge in [0.15, 0.2) is 0 Å². The number of carbonyl (C=O) groups excluding carboxylic acids is 1. The highest BCUT2D eigenvalue weighted by Crippen LogP contribution is 2.19. The third-order valence-electron chi connectivity index (χ3n) is 3.45. The van der Waals surface area contributed by atoms with E-state index in [1.54, 1.807) is 12.1 Å². The number of halogens is 2. The zero-order valence-electron chi connectivity index (χ0n) is 11.3. The van der Waals surface area contributed by atoms with Crippen LogP contribution < -0.4 is 0 Å². The van der Waals surface area contributed by atoms with Gasteiger partial charge in [-0.2, -0.15) is 0 Å². The summed E-state index contributed by atoms with van der Waals surface area (Å²) in [5, 5.41) is 9.00. The molecule has 1 amide bonds. The van der Waals surface area contributed by atoms with Crippen molar-refractivity contribution in [1.29, 1.82) is 0 Å². The Hall–Kier alpha value is -1.69. The molecular weight excluding hydrogens is 341 g/mol. The van der Waals surface area contributed by atoms with Crippen LogP contribution in [0.3, 0.4) is 0 Å². The van der Waals surface area contributed by atoms with E-state index in [0.717, 1.165) is 4.47 Å². The predicted octanol–water partition coefficient (Wildman–Crippen LogP) is 2.92. The van der Waals surface area contributed by atoms with Crippen molar-refractivity contribution in [3.63, 3.8) is 0 Å². The number of piperidine rings is 1. The molecule has 21 heavy (non-hydrogen) atoms. The van der Waals surface area contributed by atoms with Gasteiger partial charge in [-0.25, -0.2) is 4.39 Å². The lowest BCUT2D eigenvalue weighted by molar-refractivity contribution is -0.144. The molecule has 0 saturated carbocycles. The third-order valence-corrected chi connectivity index (χ3v) is 3.94. The number of carboxylic acids is 1. The number of aliphatic carboxylic acids is 1. The minimum atomic E-state index is -0.880. The first kappa shape index (κ1) is 15.7. The van der Waals surface area contributed by atoms with Crippen LogP contribution in [-0.2, 0) is 9.59 Å². The van der Waals surface area contributed by atoms with E-state index < -0.39 is 17.7 Å². The van der Waals surface area contributed by atoms with Gasteiger partial charge in [0.2, 0.25) is 5.91 Å². The first-order valence-electron chi connectivity index (χ1n) is 6.62. The van der Waals surface area contributed by atoms with Crippen molar-refractivity contribution in [3.05, 3.63) is 40.1 Å². The van der Waals surface area contributed by atoms with Crippen molar-refractivity contribution >= 4 is 33.9 Å². The van der Waals surface area contributed by atoms with E-state index in [1.165, 1.54) is 23.1 Å². The summed E-state index contributed by atoms with van der Waals surface area (Å²) in [5.74, 6) is -2.10. The second kappa shape index (κ2) is 6.85. The van der Waals surface area contributed by atoms with Crippen LogP contribution in [0.1, 0.15) is 18.4 Å². The van der Waals surface area contributed by atoms with Crippen LogP contribution in [0.15, 0.2) is 28.7 Å². The number of amides is 1. The Bertz CT molecular complexity index is 588. The highest BCUT2D eigenvalue weighted by molar-refractivity contribution is 9.10. The molecule has 1 saturated heterocycles. The summed E-state index contributed by atoms with van der Waals surface area (Å²) in [7, 11) is 0. The molecular formula is C15H15BrFNO3. The molecule has 112 valence electrons. The van der Waals surface area contributed by atoms with Crippen molar-refractivity contribution in [2.45, 2.75) is 12.8 Å². The average Bonchev–Trinajstić information content (AvgIpc) is 2.48. The standard InChI is InChI=1S/C15H15BrFNO3/c16-12-4-5-13(17)10(8-12)3-6-14(19)18-7-1-2-11(9-18)15(20)21/h3-6,8,11H,1-2,7,9H2,(H,20,21)/b6-3+. The van der Waals surface area contributed by atoms with E-state index in [1.807, 2.05) is 0 Å². The van der Waals surface area contributed by atoms with Crippen molar-refractivity contribution < 1.29 is 19.1 Å². The van der Waals surface area contributed by atoms with Crippen LogP contribution in [0.5, 0.6) is 0 Å². The predicted molar refractivity (Wildman–Crippen MR) is 80.1 cm³/mol. The van der Waals surface area contributed by atoms with Gasteiger partial charge in [0.1, 0.15) is 5.82 Å². The molecule has 0 aromatic heterocycles. The van der Waals surface area contributed by atoms with Gasteiger partial charge in [-0.05, 0) is 37.1 Å². The fourth-order valence-corrected chi connectivity index (χ4v) is 2.67. The van der Waals surface area contributed by atoms with Gasteiger partial charge in [0.05, 0.1) is 5.92 Å². The summed E-state index contributed by atoms with van der Waals surface area (Å²) in [4.78, 5) is 24.5. The minimum Gasteiger partial charge on any atom is -0.481 e. The van der Waals surface area contributed by atoms with Gasteiger partial charge >= 0.3 is 5.97 Å². The maximum Gasteiger partial charge on any atom is 0.308 e. The highest BCUT2D eigenvalue weighted by atomic mass is 79.9. The molecule has 1 unspecified atom stereocenters. The molecule has 0 bridgehead atoms. The molecule has 2 rings (SSSR count). The summed E-state index contributed by atoms with van der Waals surface area (Å²) in [6, 6.07) is 4.47. The van der Waals surface area contributed by atoms with Gasteiger partial charge in [-0.15, -0.1) is 0 Å². The summed E-state index contributed by atoms with van der Waals surface area (Å²) >= 11 is 3.24. The molecule has 0 radical (unpaired) electrons. The minimum absolute atomic E-state index is 0.208. The number of likely N-dealkylation sites (tertiary alicyclic amines) is 1. The van der Waals surface area contributed by atoms with Gasteiger partial charge in [-0.3, -0.25) is 9.59 Å². The summed E-state index contributed by atoms with van der Waals surface area (Å²) in [6.45, 7) is 0.743. The van der Waals surface area contributed by atoms with Gasteiger partial charge in [0.25, 0.3) is 0 Å². The molecule has 1 N–H and O–H groups in total. The van der Waals surface area contributed by atoms with Gasteiger partial charge in [-0.1, -0.05) is 15.9 Å². The lowest BCUT2D eigenvalue weighted by Crippen LogP contribution is -2.41. The number of rotatable bonds is 3. The molecule has 1 heterocycles. The highest BCUT2D eigenvalue weighted by Gasteiger charge is 2.27.